The first-order valence-electron chi connectivity index (χ1n) is 15.0. The maximum atomic E-state index is 6.28. The van der Waals surface area contributed by atoms with Gasteiger partial charge in [-0.1, -0.05) is 109 Å². The van der Waals surface area contributed by atoms with E-state index in [0.717, 1.165) is 60.4 Å². The Morgan fingerprint density at radius 1 is 0.444 bits per heavy atom. The van der Waals surface area contributed by atoms with Crippen molar-refractivity contribution in [2.24, 2.45) is 0 Å². The van der Waals surface area contributed by atoms with Gasteiger partial charge in [-0.05, 0) is 54.4 Å². The molecule has 3 aromatic heterocycles. The van der Waals surface area contributed by atoms with Crippen molar-refractivity contribution < 1.29 is 4.42 Å². The smallest absolute Gasteiger partial charge is 0.238 e. The van der Waals surface area contributed by atoms with Crippen molar-refractivity contribution in [2.75, 3.05) is 0 Å². The van der Waals surface area contributed by atoms with Gasteiger partial charge in [0.25, 0.3) is 0 Å². The largest absolute Gasteiger partial charge is 0.456 e. The summed E-state index contributed by atoms with van der Waals surface area (Å²) in [6.07, 6.45) is 0. The summed E-state index contributed by atoms with van der Waals surface area (Å²) in [7, 11) is 0. The van der Waals surface area contributed by atoms with Crippen LogP contribution in [0.1, 0.15) is 5.56 Å². The van der Waals surface area contributed by atoms with E-state index in [9.17, 15) is 0 Å². The van der Waals surface area contributed by atoms with Crippen molar-refractivity contribution in [1.82, 2.24) is 19.5 Å². The van der Waals surface area contributed by atoms with E-state index in [4.69, 9.17) is 19.4 Å². The first-order chi connectivity index (χ1) is 22.2. The first-order valence-corrected chi connectivity index (χ1v) is 15.0. The van der Waals surface area contributed by atoms with Gasteiger partial charge >= 0.3 is 0 Å². The summed E-state index contributed by atoms with van der Waals surface area (Å²) >= 11 is 0. The molecule has 0 N–H and O–H groups in total. The van der Waals surface area contributed by atoms with E-state index in [1.807, 2.05) is 18.2 Å². The van der Waals surface area contributed by atoms with Gasteiger partial charge in [0.1, 0.15) is 11.2 Å². The van der Waals surface area contributed by atoms with E-state index in [1.165, 1.54) is 11.1 Å². The fraction of sp³-hybridized carbons (Fsp3) is 0.0250. The topological polar surface area (TPSA) is 56.7 Å². The number of furan rings is 1. The molecular formula is C40H26N4O. The van der Waals surface area contributed by atoms with Crippen molar-refractivity contribution >= 4 is 43.7 Å². The van der Waals surface area contributed by atoms with Crippen LogP contribution >= 0.6 is 0 Å². The third-order valence-electron chi connectivity index (χ3n) is 8.54. The molecule has 0 atom stereocenters. The molecule has 0 saturated heterocycles. The molecular weight excluding hydrogens is 552 g/mol. The molecule has 0 radical (unpaired) electrons. The van der Waals surface area contributed by atoms with Crippen LogP contribution in [0.25, 0.3) is 83.6 Å². The molecule has 0 amide bonds. The summed E-state index contributed by atoms with van der Waals surface area (Å²) in [4.78, 5) is 15.3. The molecule has 0 aliphatic heterocycles. The predicted octanol–water partition coefficient (Wildman–Crippen LogP) is 10.2. The molecule has 9 rings (SSSR count). The highest BCUT2D eigenvalue weighted by molar-refractivity contribution is 6.09. The molecule has 0 aliphatic carbocycles. The average molecular weight is 579 g/mol. The Bertz CT molecular complexity index is 2490. The van der Waals surface area contributed by atoms with Gasteiger partial charge in [-0.3, -0.25) is 4.57 Å². The maximum Gasteiger partial charge on any atom is 0.238 e. The van der Waals surface area contributed by atoms with Crippen molar-refractivity contribution in [1.29, 1.82) is 0 Å². The zero-order chi connectivity index (χ0) is 29.9. The molecule has 0 aliphatic rings. The van der Waals surface area contributed by atoms with Gasteiger partial charge < -0.3 is 4.42 Å². The van der Waals surface area contributed by atoms with Gasteiger partial charge in [0.2, 0.25) is 5.95 Å². The minimum absolute atomic E-state index is 0.569. The Morgan fingerprint density at radius 3 is 1.78 bits per heavy atom. The summed E-state index contributed by atoms with van der Waals surface area (Å²) in [5, 5.41) is 4.49. The molecule has 6 aromatic carbocycles. The standard InChI is InChI=1S/C40H26N4O/c1-25-15-22-36-33(23-25)32-21-20-29(24-37(32)45-36)39-41-38(28-18-16-27(17-19-28)26-9-3-2-4-10-26)42-40(43-39)44-34-13-7-5-11-30(34)31-12-6-8-14-35(31)44/h2-24H,1H3. The van der Waals surface area contributed by atoms with Crippen molar-refractivity contribution in [3.63, 3.8) is 0 Å². The number of aromatic nitrogens is 4. The molecule has 5 heteroatoms. The Balaban J connectivity index is 1.27. The molecule has 9 aromatic rings. The van der Waals surface area contributed by atoms with Crippen LogP contribution in [0.2, 0.25) is 0 Å². The lowest BCUT2D eigenvalue weighted by Gasteiger charge is -2.11. The number of rotatable bonds is 4. The number of fused-ring (bicyclic) bond motifs is 6. The summed E-state index contributed by atoms with van der Waals surface area (Å²) in [5.74, 6) is 1.76. The molecule has 3 heterocycles. The fourth-order valence-corrected chi connectivity index (χ4v) is 6.33. The quantitative estimate of drug-likeness (QED) is 0.208. The second-order valence-corrected chi connectivity index (χ2v) is 11.4. The molecule has 5 nitrogen and oxygen atoms in total. The number of hydrogen-bond acceptors (Lipinski definition) is 4. The van der Waals surface area contributed by atoms with Crippen molar-refractivity contribution in [3.8, 4) is 39.9 Å². The molecule has 0 saturated carbocycles. The SMILES string of the molecule is Cc1ccc2oc3cc(-c4nc(-c5ccc(-c6ccccc6)cc5)nc(-n5c6ccccc6c6ccccc65)n4)ccc3c2c1. The highest BCUT2D eigenvalue weighted by Crippen LogP contribution is 2.35. The third-order valence-corrected chi connectivity index (χ3v) is 8.54. The summed E-state index contributed by atoms with van der Waals surface area (Å²) < 4.78 is 8.42. The van der Waals surface area contributed by atoms with Gasteiger partial charge in [-0.25, -0.2) is 4.98 Å². The molecule has 0 spiro atoms. The molecule has 0 unspecified atom stereocenters. The van der Waals surface area contributed by atoms with Gasteiger partial charge in [-0.15, -0.1) is 0 Å². The Morgan fingerprint density at radius 2 is 1.04 bits per heavy atom. The number of aryl methyl sites for hydroxylation is 1. The molecule has 212 valence electrons. The van der Waals surface area contributed by atoms with Gasteiger partial charge in [-0.2, -0.15) is 9.97 Å². The molecule has 45 heavy (non-hydrogen) atoms. The normalized spacial score (nSPS) is 11.7. The van der Waals surface area contributed by atoms with Crippen LogP contribution in [0.4, 0.5) is 0 Å². The number of benzene rings is 6. The third kappa shape index (κ3) is 4.20. The van der Waals surface area contributed by atoms with E-state index in [0.29, 0.717) is 17.6 Å². The van der Waals surface area contributed by atoms with E-state index in [-0.39, 0.29) is 0 Å². The first kappa shape index (κ1) is 25.4. The number of nitrogens with zero attached hydrogens (tertiary/aromatic N) is 4. The van der Waals surface area contributed by atoms with Crippen LogP contribution in [0.15, 0.2) is 144 Å². The van der Waals surface area contributed by atoms with Gasteiger partial charge in [0.15, 0.2) is 11.6 Å². The zero-order valence-electron chi connectivity index (χ0n) is 24.5. The van der Waals surface area contributed by atoms with Crippen LogP contribution in [-0.4, -0.2) is 19.5 Å². The highest BCUT2D eigenvalue weighted by atomic mass is 16.3. The minimum Gasteiger partial charge on any atom is -0.456 e. The van der Waals surface area contributed by atoms with Crippen LogP contribution in [0.5, 0.6) is 0 Å². The Kier molecular flexibility index (Phi) is 5.65. The van der Waals surface area contributed by atoms with Gasteiger partial charge in [0, 0.05) is 32.7 Å². The number of para-hydroxylation sites is 2. The average Bonchev–Trinajstić information content (AvgIpc) is 3.63. The maximum absolute atomic E-state index is 6.28. The Labute approximate surface area is 259 Å². The number of hydrogen-bond donors (Lipinski definition) is 0. The van der Waals surface area contributed by atoms with Crippen LogP contribution in [0, 0.1) is 6.92 Å². The fourth-order valence-electron chi connectivity index (χ4n) is 6.33. The predicted molar refractivity (Wildman–Crippen MR) is 182 cm³/mol. The lowest BCUT2D eigenvalue weighted by molar-refractivity contribution is 0.669. The monoisotopic (exact) mass is 578 g/mol. The zero-order valence-corrected chi connectivity index (χ0v) is 24.5. The van der Waals surface area contributed by atoms with E-state index < -0.39 is 0 Å². The van der Waals surface area contributed by atoms with Crippen LogP contribution < -0.4 is 0 Å². The van der Waals surface area contributed by atoms with Crippen LogP contribution in [0.3, 0.4) is 0 Å². The van der Waals surface area contributed by atoms with Gasteiger partial charge in [0.05, 0.1) is 11.0 Å². The van der Waals surface area contributed by atoms with Crippen LogP contribution in [-0.2, 0) is 0 Å². The molecule has 0 bridgehead atoms. The summed E-state index contributed by atoms with van der Waals surface area (Å²) in [6.45, 7) is 2.10. The second-order valence-electron chi connectivity index (χ2n) is 11.4. The minimum atomic E-state index is 0.569. The van der Waals surface area contributed by atoms with E-state index >= 15 is 0 Å². The lowest BCUT2D eigenvalue weighted by atomic mass is 10.0. The van der Waals surface area contributed by atoms with E-state index in [2.05, 4.69) is 133 Å². The highest BCUT2D eigenvalue weighted by Gasteiger charge is 2.18. The lowest BCUT2D eigenvalue weighted by Crippen LogP contribution is -2.06. The Hall–Kier alpha value is -6.07. The molecule has 0 fully saturated rings. The second kappa shape index (κ2) is 10.00. The van der Waals surface area contributed by atoms with Crippen molar-refractivity contribution in [3.05, 3.63) is 145 Å². The summed E-state index contributed by atoms with van der Waals surface area (Å²) in [5.41, 5.74) is 9.06. The summed E-state index contributed by atoms with van der Waals surface area (Å²) in [6, 6.07) is 48.1. The van der Waals surface area contributed by atoms with E-state index in [1.54, 1.807) is 0 Å². The van der Waals surface area contributed by atoms with Crippen molar-refractivity contribution in [2.45, 2.75) is 6.92 Å².